The van der Waals surface area contributed by atoms with E-state index in [2.05, 4.69) is 0 Å². The molecule has 3 rings (SSSR count). The molecular weight excluding hydrogens is 384 g/mol. The summed E-state index contributed by atoms with van der Waals surface area (Å²) in [4.78, 5) is 24.4. The molecule has 0 unspecified atom stereocenters. The number of halogens is 1. The smallest absolute Gasteiger partial charge is 0.270 e. The topological polar surface area (TPSA) is 86.5 Å². The van der Waals surface area contributed by atoms with Crippen molar-refractivity contribution >= 4 is 63.3 Å². The van der Waals surface area contributed by atoms with E-state index >= 15 is 0 Å². The largest absolute Gasteiger partial charge is 0.868 e. The molecule has 2 aromatic rings. The summed E-state index contributed by atoms with van der Waals surface area (Å²) in [6.07, 6.45) is 1.47. The van der Waals surface area contributed by atoms with Crippen molar-refractivity contribution < 1.29 is 14.8 Å². The maximum atomic E-state index is 12.6. The number of thioether (sulfide) groups is 1. The maximum absolute atomic E-state index is 12.6. The predicted octanol–water partition coefficient (Wildman–Crippen LogP) is 3.73. The van der Waals surface area contributed by atoms with Gasteiger partial charge in [0.25, 0.3) is 11.6 Å². The fourth-order valence-corrected chi connectivity index (χ4v) is 3.62. The Hall–Kier alpha value is -2.42. The second-order valence-electron chi connectivity index (χ2n) is 4.98. The number of anilines is 1. The standard InChI is InChI=1S/C16H9ClN2O4S2/c17-10-2-4-11(5-3-10)18-15(21)14(25-16(18)24)8-9-1-6-13(20)12(7-9)19(22)23/h1-8,20H/p-1/b14-8+. The van der Waals surface area contributed by atoms with Crippen LogP contribution >= 0.6 is 35.6 Å². The van der Waals surface area contributed by atoms with E-state index in [-0.39, 0.29) is 5.91 Å². The number of nitro groups is 1. The Morgan fingerprint density at radius 2 is 1.88 bits per heavy atom. The lowest BCUT2D eigenvalue weighted by Gasteiger charge is -2.14. The Balaban J connectivity index is 1.94. The van der Waals surface area contributed by atoms with Crippen LogP contribution in [0.25, 0.3) is 6.08 Å². The number of carbonyl (C=O) groups is 1. The van der Waals surface area contributed by atoms with Gasteiger partial charge in [-0.25, -0.2) is 0 Å². The van der Waals surface area contributed by atoms with E-state index in [1.54, 1.807) is 24.3 Å². The summed E-state index contributed by atoms with van der Waals surface area (Å²) in [5.41, 5.74) is 0.418. The molecule has 1 heterocycles. The second kappa shape index (κ2) is 6.83. The van der Waals surface area contributed by atoms with Crippen LogP contribution in [0.3, 0.4) is 0 Å². The first kappa shape index (κ1) is 17.4. The molecule has 1 amide bonds. The van der Waals surface area contributed by atoms with Gasteiger partial charge < -0.3 is 5.11 Å². The normalized spacial score (nSPS) is 15.9. The van der Waals surface area contributed by atoms with Gasteiger partial charge in [0.2, 0.25) is 0 Å². The third kappa shape index (κ3) is 3.51. The molecule has 0 N–H and O–H groups in total. The van der Waals surface area contributed by atoms with Crippen molar-refractivity contribution in [3.05, 3.63) is 68.1 Å². The van der Waals surface area contributed by atoms with Gasteiger partial charge >= 0.3 is 0 Å². The highest BCUT2D eigenvalue weighted by molar-refractivity contribution is 8.27. The number of nitrogens with zero attached hydrogens (tertiary/aromatic N) is 2. The number of rotatable bonds is 3. The molecule has 0 aliphatic carbocycles. The molecule has 0 atom stereocenters. The second-order valence-corrected chi connectivity index (χ2v) is 7.09. The zero-order chi connectivity index (χ0) is 18.1. The lowest BCUT2D eigenvalue weighted by atomic mass is 10.1. The molecule has 1 aliphatic heterocycles. The molecular formula is C16H8ClN2O4S2-. The fourth-order valence-electron chi connectivity index (χ4n) is 2.20. The quantitative estimate of drug-likeness (QED) is 0.343. The summed E-state index contributed by atoms with van der Waals surface area (Å²) in [5, 5.41) is 22.9. The van der Waals surface area contributed by atoms with Crippen LogP contribution in [-0.2, 0) is 4.79 Å². The monoisotopic (exact) mass is 391 g/mol. The molecule has 0 saturated carbocycles. The minimum atomic E-state index is -0.751. The first-order valence-electron chi connectivity index (χ1n) is 6.86. The van der Waals surface area contributed by atoms with Crippen molar-refractivity contribution in [1.29, 1.82) is 0 Å². The molecule has 0 bridgehead atoms. The molecule has 0 spiro atoms. The average molecular weight is 392 g/mol. The predicted molar refractivity (Wildman–Crippen MR) is 99.6 cm³/mol. The van der Waals surface area contributed by atoms with Crippen LogP contribution in [-0.4, -0.2) is 15.2 Å². The molecule has 0 aromatic heterocycles. The van der Waals surface area contributed by atoms with Gasteiger partial charge in [0.05, 0.1) is 15.5 Å². The highest BCUT2D eigenvalue weighted by Crippen LogP contribution is 2.37. The molecule has 9 heteroatoms. The Labute approximate surface area is 156 Å². The van der Waals surface area contributed by atoms with Crippen LogP contribution in [0.5, 0.6) is 5.75 Å². The highest BCUT2D eigenvalue weighted by Gasteiger charge is 2.33. The van der Waals surface area contributed by atoms with Gasteiger partial charge in [-0.1, -0.05) is 47.7 Å². The van der Waals surface area contributed by atoms with Crippen molar-refractivity contribution in [1.82, 2.24) is 0 Å². The minimum Gasteiger partial charge on any atom is -0.868 e. The molecule has 126 valence electrons. The lowest BCUT2D eigenvalue weighted by molar-refractivity contribution is -0.398. The molecule has 2 aromatic carbocycles. The number of hydrogen-bond acceptors (Lipinski definition) is 6. The molecule has 1 aliphatic rings. The zero-order valence-electron chi connectivity index (χ0n) is 12.3. The third-order valence-corrected chi connectivity index (χ3v) is 4.91. The summed E-state index contributed by atoms with van der Waals surface area (Å²) in [7, 11) is 0. The van der Waals surface area contributed by atoms with Crippen molar-refractivity contribution in [3.63, 3.8) is 0 Å². The lowest BCUT2D eigenvalue weighted by Crippen LogP contribution is -2.27. The number of carbonyl (C=O) groups excluding carboxylic acids is 1. The summed E-state index contributed by atoms with van der Waals surface area (Å²) >= 11 is 12.2. The van der Waals surface area contributed by atoms with Crippen molar-refractivity contribution in [2.45, 2.75) is 0 Å². The molecule has 0 radical (unpaired) electrons. The first-order valence-corrected chi connectivity index (χ1v) is 8.46. The SMILES string of the molecule is O=C1/C(=C\c2ccc([O-])c([N+](=O)[O-])c2)SC(=S)N1c1ccc(Cl)cc1. The van der Waals surface area contributed by atoms with Crippen LogP contribution in [0.1, 0.15) is 5.56 Å². The number of nitro benzene ring substituents is 1. The Morgan fingerprint density at radius 3 is 2.52 bits per heavy atom. The summed E-state index contributed by atoms with van der Waals surface area (Å²) in [5.74, 6) is -1.03. The average Bonchev–Trinajstić information content (AvgIpc) is 2.84. The van der Waals surface area contributed by atoms with E-state index in [1.165, 1.54) is 17.0 Å². The Bertz CT molecular complexity index is 928. The summed E-state index contributed by atoms with van der Waals surface area (Å²) in [6, 6.07) is 10.3. The molecule has 6 nitrogen and oxygen atoms in total. The maximum Gasteiger partial charge on any atom is 0.270 e. The van der Waals surface area contributed by atoms with Crippen LogP contribution in [0.2, 0.25) is 5.02 Å². The van der Waals surface area contributed by atoms with Gasteiger partial charge in [-0.3, -0.25) is 19.8 Å². The molecule has 1 fully saturated rings. The number of amides is 1. The van der Waals surface area contributed by atoms with Crippen LogP contribution in [0, 0.1) is 10.1 Å². The minimum absolute atomic E-state index is 0.313. The highest BCUT2D eigenvalue weighted by atomic mass is 35.5. The van der Waals surface area contributed by atoms with Crippen LogP contribution in [0.4, 0.5) is 11.4 Å². The van der Waals surface area contributed by atoms with Gasteiger partial charge in [-0.05, 0) is 41.7 Å². The van der Waals surface area contributed by atoms with Crippen molar-refractivity contribution in [2.75, 3.05) is 4.90 Å². The van der Waals surface area contributed by atoms with Crippen molar-refractivity contribution in [3.8, 4) is 5.75 Å². The molecule has 25 heavy (non-hydrogen) atoms. The zero-order valence-corrected chi connectivity index (χ0v) is 14.7. The van der Waals surface area contributed by atoms with E-state index < -0.39 is 16.4 Å². The first-order chi connectivity index (χ1) is 11.9. The van der Waals surface area contributed by atoms with Gasteiger partial charge in [-0.2, -0.15) is 0 Å². The van der Waals surface area contributed by atoms with Crippen molar-refractivity contribution in [2.24, 2.45) is 0 Å². The Kier molecular flexibility index (Phi) is 4.76. The van der Waals surface area contributed by atoms with E-state index in [1.807, 2.05) is 0 Å². The number of benzene rings is 2. The third-order valence-electron chi connectivity index (χ3n) is 3.36. The number of hydrogen-bond donors (Lipinski definition) is 0. The van der Waals surface area contributed by atoms with E-state index in [9.17, 15) is 20.0 Å². The van der Waals surface area contributed by atoms with Gasteiger partial charge in [0.15, 0.2) is 4.32 Å². The van der Waals surface area contributed by atoms with E-state index in [0.717, 1.165) is 23.9 Å². The molecule has 1 saturated heterocycles. The summed E-state index contributed by atoms with van der Waals surface area (Å²) < 4.78 is 0.341. The van der Waals surface area contributed by atoms with E-state index in [4.69, 9.17) is 23.8 Å². The van der Waals surface area contributed by atoms with Gasteiger partial charge in [0.1, 0.15) is 0 Å². The van der Waals surface area contributed by atoms with Crippen LogP contribution < -0.4 is 10.0 Å². The summed E-state index contributed by atoms with van der Waals surface area (Å²) in [6.45, 7) is 0. The van der Waals surface area contributed by atoms with E-state index in [0.29, 0.717) is 25.5 Å². The van der Waals surface area contributed by atoms with Gasteiger partial charge in [0, 0.05) is 11.1 Å². The van der Waals surface area contributed by atoms with Crippen LogP contribution in [0.15, 0.2) is 47.4 Å². The Morgan fingerprint density at radius 1 is 1.20 bits per heavy atom. The van der Waals surface area contributed by atoms with Gasteiger partial charge in [-0.15, -0.1) is 0 Å². The number of thiocarbonyl (C=S) groups is 1. The fraction of sp³-hybridized carbons (Fsp3) is 0.